The standard InChI is InChI=1S/C38H38Cl2N4O6/c1-2-41-15-5-17-43-30-13-11-24(19-32(30)49-22-34(43)45)26-7-3-9-28(37(26)39)29-10-4-8-27(38(29)40)25-12-14-31-33(20-25)50-23-35(46)44(31)18-6-16-42-21-36(47)48/h3-4,7-14,19-20,41-42H,2,5-6,15-18,21-23H2,1H3,(H,47,48). The summed E-state index contributed by atoms with van der Waals surface area (Å²) < 4.78 is 11.7. The Hall–Kier alpha value is -4.61. The summed E-state index contributed by atoms with van der Waals surface area (Å²) in [6.07, 6.45) is 1.42. The molecule has 0 spiro atoms. The van der Waals surface area contributed by atoms with Crippen molar-refractivity contribution in [2.24, 2.45) is 0 Å². The van der Waals surface area contributed by atoms with Gasteiger partial charge in [0.2, 0.25) is 0 Å². The first kappa shape index (κ1) is 35.2. The second-order valence-corrected chi connectivity index (χ2v) is 12.8. The highest BCUT2D eigenvalue weighted by molar-refractivity contribution is 6.39. The Morgan fingerprint density at radius 1 is 0.720 bits per heavy atom. The zero-order valence-corrected chi connectivity index (χ0v) is 29.1. The number of carboxylic acid groups (broad SMARTS) is 1. The molecule has 0 radical (unpaired) electrons. The average Bonchev–Trinajstić information content (AvgIpc) is 3.11. The van der Waals surface area contributed by atoms with Crippen LogP contribution in [0.25, 0.3) is 33.4 Å². The van der Waals surface area contributed by atoms with Crippen LogP contribution in [0.2, 0.25) is 10.0 Å². The Morgan fingerprint density at radius 2 is 1.18 bits per heavy atom. The van der Waals surface area contributed by atoms with Crippen molar-refractivity contribution in [2.75, 3.05) is 62.3 Å². The van der Waals surface area contributed by atoms with Crippen molar-refractivity contribution in [3.8, 4) is 44.9 Å². The lowest BCUT2D eigenvalue weighted by molar-refractivity contribution is -0.136. The summed E-state index contributed by atoms with van der Waals surface area (Å²) in [4.78, 5) is 39.6. The van der Waals surface area contributed by atoms with Crippen LogP contribution in [0.5, 0.6) is 11.5 Å². The van der Waals surface area contributed by atoms with E-state index < -0.39 is 5.97 Å². The maximum absolute atomic E-state index is 12.7. The summed E-state index contributed by atoms with van der Waals surface area (Å²) in [7, 11) is 0. The highest BCUT2D eigenvalue weighted by Crippen LogP contribution is 2.45. The molecule has 0 saturated carbocycles. The number of aliphatic carboxylic acids is 1. The number of amides is 2. The van der Waals surface area contributed by atoms with Gasteiger partial charge in [0.1, 0.15) is 11.5 Å². The zero-order valence-electron chi connectivity index (χ0n) is 27.6. The van der Waals surface area contributed by atoms with Crippen LogP contribution in [0, 0.1) is 0 Å². The van der Waals surface area contributed by atoms with Crippen molar-refractivity contribution in [2.45, 2.75) is 19.8 Å². The monoisotopic (exact) mass is 716 g/mol. The number of hydrogen-bond acceptors (Lipinski definition) is 7. The molecule has 260 valence electrons. The quantitative estimate of drug-likeness (QED) is 0.126. The largest absolute Gasteiger partial charge is 0.482 e. The van der Waals surface area contributed by atoms with E-state index in [1.54, 1.807) is 9.80 Å². The fourth-order valence-corrected chi connectivity index (χ4v) is 6.93. The maximum atomic E-state index is 12.7. The molecule has 0 aromatic heterocycles. The first-order chi connectivity index (χ1) is 24.3. The van der Waals surface area contributed by atoms with Crippen LogP contribution in [-0.2, 0) is 14.4 Å². The van der Waals surface area contributed by atoms with E-state index in [9.17, 15) is 14.4 Å². The van der Waals surface area contributed by atoms with E-state index >= 15 is 0 Å². The molecule has 4 aromatic rings. The van der Waals surface area contributed by atoms with E-state index in [0.29, 0.717) is 53.3 Å². The molecule has 10 nitrogen and oxygen atoms in total. The molecular formula is C38H38Cl2N4O6. The summed E-state index contributed by atoms with van der Waals surface area (Å²) >= 11 is 14.2. The summed E-state index contributed by atoms with van der Waals surface area (Å²) in [6, 6.07) is 23.0. The molecule has 6 rings (SSSR count). The van der Waals surface area contributed by atoms with Gasteiger partial charge in [-0.25, -0.2) is 0 Å². The maximum Gasteiger partial charge on any atom is 0.317 e. The Bertz CT molecular complexity index is 1920. The lowest BCUT2D eigenvalue weighted by Gasteiger charge is -2.30. The van der Waals surface area contributed by atoms with Crippen LogP contribution in [0.15, 0.2) is 72.8 Å². The van der Waals surface area contributed by atoms with E-state index in [-0.39, 0.29) is 31.6 Å². The van der Waals surface area contributed by atoms with Gasteiger partial charge in [-0.1, -0.05) is 78.7 Å². The normalized spacial score (nSPS) is 13.8. The van der Waals surface area contributed by atoms with Gasteiger partial charge in [-0.05, 0) is 67.9 Å². The summed E-state index contributed by atoms with van der Waals surface area (Å²) in [6.45, 7) is 5.04. The summed E-state index contributed by atoms with van der Waals surface area (Å²) in [5, 5.41) is 16.0. The van der Waals surface area contributed by atoms with E-state index in [2.05, 4.69) is 17.6 Å². The van der Waals surface area contributed by atoms with Gasteiger partial charge in [0.05, 0.1) is 28.0 Å². The molecule has 0 fully saturated rings. The van der Waals surface area contributed by atoms with Crippen LogP contribution in [0.4, 0.5) is 11.4 Å². The molecule has 12 heteroatoms. The smallest absolute Gasteiger partial charge is 0.317 e. The third kappa shape index (κ3) is 7.58. The molecule has 2 aliphatic rings. The number of carbonyl (C=O) groups excluding carboxylic acids is 2. The second kappa shape index (κ2) is 15.9. The van der Waals surface area contributed by atoms with Gasteiger partial charge in [0, 0.05) is 35.3 Å². The first-order valence-corrected chi connectivity index (χ1v) is 17.4. The van der Waals surface area contributed by atoms with Gasteiger partial charge < -0.3 is 35.0 Å². The van der Waals surface area contributed by atoms with Crippen molar-refractivity contribution in [1.82, 2.24) is 10.6 Å². The van der Waals surface area contributed by atoms with Crippen molar-refractivity contribution in [3.05, 3.63) is 82.8 Å². The number of rotatable bonds is 14. The number of carbonyl (C=O) groups is 3. The minimum absolute atomic E-state index is 0.0119. The molecule has 0 atom stereocenters. The SMILES string of the molecule is CCNCCCN1C(=O)COc2cc(-c3cccc(-c4cccc(-c5ccc6c(c5)OCC(=O)N6CCCNCC(=O)O)c4Cl)c3Cl)ccc21. The molecule has 0 aliphatic carbocycles. The number of ether oxygens (including phenoxy) is 2. The third-order valence-electron chi connectivity index (χ3n) is 8.71. The number of nitrogens with one attached hydrogen (secondary N) is 2. The Labute approximate surface area is 300 Å². The first-order valence-electron chi connectivity index (χ1n) is 16.6. The molecule has 0 unspecified atom stereocenters. The molecule has 50 heavy (non-hydrogen) atoms. The van der Waals surface area contributed by atoms with Gasteiger partial charge in [-0.3, -0.25) is 14.4 Å². The van der Waals surface area contributed by atoms with Gasteiger partial charge in [-0.2, -0.15) is 0 Å². The fourth-order valence-electron chi connectivity index (χ4n) is 6.26. The van der Waals surface area contributed by atoms with E-state index in [1.165, 1.54) is 0 Å². The van der Waals surface area contributed by atoms with Crippen molar-refractivity contribution in [3.63, 3.8) is 0 Å². The number of halogens is 2. The molecule has 2 amide bonds. The van der Waals surface area contributed by atoms with Crippen LogP contribution in [0.3, 0.4) is 0 Å². The minimum Gasteiger partial charge on any atom is -0.482 e. The van der Waals surface area contributed by atoms with Gasteiger partial charge in [-0.15, -0.1) is 0 Å². The number of carboxylic acids is 1. The molecule has 0 saturated heterocycles. The Balaban J connectivity index is 1.25. The third-order valence-corrected chi connectivity index (χ3v) is 9.53. The molecule has 3 N–H and O–H groups in total. The molecule has 2 aliphatic heterocycles. The molecule has 0 bridgehead atoms. The minimum atomic E-state index is -0.925. The van der Waals surface area contributed by atoms with Crippen molar-refractivity contribution in [1.29, 1.82) is 0 Å². The second-order valence-electron chi connectivity index (χ2n) is 12.0. The topological polar surface area (TPSA) is 120 Å². The van der Waals surface area contributed by atoms with Gasteiger partial charge in [0.15, 0.2) is 13.2 Å². The van der Waals surface area contributed by atoms with E-state index in [4.69, 9.17) is 37.8 Å². The number of benzene rings is 4. The predicted octanol–water partition coefficient (Wildman–Crippen LogP) is 6.51. The lowest BCUT2D eigenvalue weighted by atomic mass is 9.95. The average molecular weight is 718 g/mol. The van der Waals surface area contributed by atoms with E-state index in [0.717, 1.165) is 58.6 Å². The number of nitrogens with zero attached hydrogens (tertiary/aromatic N) is 2. The molecule has 2 heterocycles. The van der Waals surface area contributed by atoms with Crippen molar-refractivity contribution >= 4 is 52.4 Å². The van der Waals surface area contributed by atoms with Gasteiger partial charge >= 0.3 is 5.97 Å². The molecule has 4 aromatic carbocycles. The van der Waals surface area contributed by atoms with Crippen LogP contribution in [-0.4, -0.2) is 75.4 Å². The van der Waals surface area contributed by atoms with Gasteiger partial charge in [0.25, 0.3) is 11.8 Å². The van der Waals surface area contributed by atoms with Crippen LogP contribution >= 0.6 is 23.2 Å². The zero-order chi connectivity index (χ0) is 35.2. The Morgan fingerprint density at radius 3 is 1.64 bits per heavy atom. The summed E-state index contributed by atoms with van der Waals surface area (Å²) in [5.41, 5.74) is 6.17. The lowest BCUT2D eigenvalue weighted by Crippen LogP contribution is -2.40. The van der Waals surface area contributed by atoms with E-state index in [1.807, 2.05) is 72.8 Å². The Kier molecular flexibility index (Phi) is 11.2. The predicted molar refractivity (Wildman–Crippen MR) is 197 cm³/mol. The van der Waals surface area contributed by atoms with Crippen molar-refractivity contribution < 1.29 is 29.0 Å². The number of anilines is 2. The van der Waals surface area contributed by atoms with Crippen LogP contribution < -0.4 is 29.9 Å². The molecular weight excluding hydrogens is 679 g/mol. The highest BCUT2D eigenvalue weighted by atomic mass is 35.5. The van der Waals surface area contributed by atoms with Crippen LogP contribution in [0.1, 0.15) is 19.8 Å². The number of fused-ring (bicyclic) bond motifs is 2. The summed E-state index contributed by atoms with van der Waals surface area (Å²) in [5.74, 6) is 0.0568. The number of hydrogen-bond donors (Lipinski definition) is 3. The fraction of sp³-hybridized carbons (Fsp3) is 0.289. The highest BCUT2D eigenvalue weighted by Gasteiger charge is 2.27.